The molecule has 0 atom stereocenters. The molecule has 1 rings (SSSR count). The van der Waals surface area contributed by atoms with Crippen molar-refractivity contribution < 1.29 is 28.2 Å². The maximum absolute atomic E-state index is 12.3. The molecule has 18 heavy (non-hydrogen) atoms. The normalized spacial score (nSPS) is 11.7. The highest BCUT2D eigenvalue weighted by Gasteiger charge is 2.30. The average molecular weight is 263 g/mol. The molecule has 0 fully saturated rings. The molecule has 1 aromatic carbocycles. The zero-order valence-electron chi connectivity index (χ0n) is 9.24. The number of benzene rings is 1. The van der Waals surface area contributed by atoms with Gasteiger partial charge in [0.25, 0.3) is 5.91 Å². The molecule has 7 heteroatoms. The Balaban J connectivity index is 2.76. The molecule has 1 aromatic rings. The van der Waals surface area contributed by atoms with Crippen LogP contribution in [0.1, 0.15) is 15.9 Å². The maximum Gasteiger partial charge on any atom is 0.416 e. The molecule has 0 aliphatic carbocycles. The summed E-state index contributed by atoms with van der Waals surface area (Å²) in [5, 5.41) is 19.8. The summed E-state index contributed by atoms with van der Waals surface area (Å²) in [6.07, 6.45) is -4.45. The van der Waals surface area contributed by atoms with Crippen molar-refractivity contribution in [2.24, 2.45) is 0 Å². The summed E-state index contributed by atoms with van der Waals surface area (Å²) >= 11 is 0. The zero-order valence-corrected chi connectivity index (χ0v) is 9.24. The molecular weight excluding hydrogens is 251 g/mol. The lowest BCUT2D eigenvalue weighted by molar-refractivity contribution is -0.137. The third-order valence-corrected chi connectivity index (χ3v) is 2.25. The van der Waals surface area contributed by atoms with E-state index in [0.29, 0.717) is 0 Å². The third-order valence-electron chi connectivity index (χ3n) is 2.25. The van der Waals surface area contributed by atoms with Crippen molar-refractivity contribution in [3.05, 3.63) is 35.4 Å². The van der Waals surface area contributed by atoms with Gasteiger partial charge in [-0.15, -0.1) is 0 Å². The van der Waals surface area contributed by atoms with Crippen LogP contribution in [0.2, 0.25) is 0 Å². The molecule has 0 heterocycles. The van der Waals surface area contributed by atoms with Crippen LogP contribution in [0.3, 0.4) is 0 Å². The third kappa shape index (κ3) is 3.71. The van der Waals surface area contributed by atoms with E-state index in [0.717, 1.165) is 24.3 Å². The number of carbonyl (C=O) groups is 1. The molecule has 0 spiro atoms. The first-order valence-electron chi connectivity index (χ1n) is 5.08. The van der Waals surface area contributed by atoms with Crippen LogP contribution < -0.4 is 5.32 Å². The van der Waals surface area contributed by atoms with Crippen LogP contribution in [0.25, 0.3) is 0 Å². The first-order chi connectivity index (χ1) is 8.38. The number of aliphatic hydroxyl groups excluding tert-OH is 2. The lowest BCUT2D eigenvalue weighted by Crippen LogP contribution is -2.40. The Morgan fingerprint density at radius 2 is 1.67 bits per heavy atom. The molecular formula is C11H12F3NO3. The quantitative estimate of drug-likeness (QED) is 0.752. The highest BCUT2D eigenvalue weighted by Crippen LogP contribution is 2.29. The topological polar surface area (TPSA) is 69.6 Å². The van der Waals surface area contributed by atoms with E-state index < -0.39 is 36.9 Å². The van der Waals surface area contributed by atoms with Gasteiger partial charge in [0, 0.05) is 5.56 Å². The van der Waals surface area contributed by atoms with E-state index in [1.807, 2.05) is 0 Å². The van der Waals surface area contributed by atoms with Crippen LogP contribution in [0, 0.1) is 0 Å². The summed E-state index contributed by atoms with van der Waals surface area (Å²) in [5.74, 6) is -0.656. The molecule has 0 aliphatic rings. The van der Waals surface area contributed by atoms with Gasteiger partial charge in [0.2, 0.25) is 0 Å². The minimum Gasteiger partial charge on any atom is -0.394 e. The molecule has 0 aromatic heterocycles. The Kier molecular flexibility index (Phi) is 4.69. The number of nitrogens with one attached hydrogen (secondary N) is 1. The Morgan fingerprint density at radius 3 is 2.06 bits per heavy atom. The van der Waals surface area contributed by atoms with Gasteiger partial charge in [-0.25, -0.2) is 0 Å². The van der Waals surface area contributed by atoms with E-state index in [4.69, 9.17) is 10.2 Å². The van der Waals surface area contributed by atoms with Gasteiger partial charge in [-0.3, -0.25) is 4.79 Å². The van der Waals surface area contributed by atoms with E-state index in [1.165, 1.54) is 0 Å². The molecule has 1 amide bonds. The van der Waals surface area contributed by atoms with Crippen molar-refractivity contribution in [1.29, 1.82) is 0 Å². The maximum atomic E-state index is 12.3. The van der Waals surface area contributed by atoms with Crippen molar-refractivity contribution in [1.82, 2.24) is 5.32 Å². The van der Waals surface area contributed by atoms with Gasteiger partial charge in [0.1, 0.15) is 0 Å². The first-order valence-corrected chi connectivity index (χ1v) is 5.08. The zero-order chi connectivity index (χ0) is 13.8. The molecule has 0 radical (unpaired) electrons. The fourth-order valence-corrected chi connectivity index (χ4v) is 1.23. The van der Waals surface area contributed by atoms with Gasteiger partial charge in [-0.05, 0) is 24.3 Å². The second kappa shape index (κ2) is 5.83. The van der Waals surface area contributed by atoms with E-state index in [2.05, 4.69) is 5.32 Å². The van der Waals surface area contributed by atoms with Gasteiger partial charge in [-0.1, -0.05) is 0 Å². The first kappa shape index (κ1) is 14.5. The summed E-state index contributed by atoms with van der Waals surface area (Å²) < 4.78 is 36.8. The predicted octanol–water partition coefficient (Wildman–Crippen LogP) is 0.788. The predicted molar refractivity (Wildman–Crippen MR) is 56.9 cm³/mol. The number of carbonyl (C=O) groups excluding carboxylic acids is 1. The van der Waals surface area contributed by atoms with Gasteiger partial charge in [0.05, 0.1) is 24.8 Å². The van der Waals surface area contributed by atoms with Crippen molar-refractivity contribution in [3.63, 3.8) is 0 Å². The lowest BCUT2D eigenvalue weighted by atomic mass is 10.1. The number of aliphatic hydroxyl groups is 2. The Labute approximate surface area is 101 Å². The molecule has 0 aliphatic heterocycles. The minimum atomic E-state index is -4.45. The minimum absolute atomic E-state index is 0.0231. The number of halogens is 3. The van der Waals surface area contributed by atoms with Gasteiger partial charge in [0.15, 0.2) is 0 Å². The standard InChI is InChI=1S/C11H12F3NO3/c12-11(13,14)8-3-1-7(2-4-8)10(18)15-9(5-16)6-17/h1-4,9,16-17H,5-6H2,(H,15,18). The van der Waals surface area contributed by atoms with E-state index in [1.54, 1.807) is 0 Å². The highest BCUT2D eigenvalue weighted by molar-refractivity contribution is 5.94. The fourth-order valence-electron chi connectivity index (χ4n) is 1.23. The Hall–Kier alpha value is -1.60. The number of hydrogen-bond donors (Lipinski definition) is 3. The average Bonchev–Trinajstić information content (AvgIpc) is 2.34. The fraction of sp³-hybridized carbons (Fsp3) is 0.364. The lowest BCUT2D eigenvalue weighted by Gasteiger charge is -2.13. The van der Waals surface area contributed by atoms with Crippen LogP contribution in [0.4, 0.5) is 13.2 Å². The summed E-state index contributed by atoms with van der Waals surface area (Å²) in [6, 6.07) is 2.82. The van der Waals surface area contributed by atoms with Crippen molar-refractivity contribution in [2.45, 2.75) is 12.2 Å². The van der Waals surface area contributed by atoms with Crippen LogP contribution >= 0.6 is 0 Å². The summed E-state index contributed by atoms with van der Waals surface area (Å²) in [7, 11) is 0. The van der Waals surface area contributed by atoms with Crippen LogP contribution in [0.15, 0.2) is 24.3 Å². The summed E-state index contributed by atoms with van der Waals surface area (Å²) in [4.78, 5) is 11.5. The SMILES string of the molecule is O=C(NC(CO)CO)c1ccc(C(F)(F)F)cc1. The number of amides is 1. The van der Waals surface area contributed by atoms with Gasteiger partial charge < -0.3 is 15.5 Å². The smallest absolute Gasteiger partial charge is 0.394 e. The molecule has 4 nitrogen and oxygen atoms in total. The van der Waals surface area contributed by atoms with Crippen molar-refractivity contribution in [2.75, 3.05) is 13.2 Å². The molecule has 0 unspecified atom stereocenters. The molecule has 0 saturated carbocycles. The Bertz CT molecular complexity index is 399. The number of alkyl halides is 3. The monoisotopic (exact) mass is 263 g/mol. The second-order valence-corrected chi connectivity index (χ2v) is 3.61. The number of rotatable bonds is 4. The van der Waals surface area contributed by atoms with E-state index in [9.17, 15) is 18.0 Å². The largest absolute Gasteiger partial charge is 0.416 e. The Morgan fingerprint density at radius 1 is 1.17 bits per heavy atom. The van der Waals surface area contributed by atoms with Gasteiger partial charge in [-0.2, -0.15) is 13.2 Å². The molecule has 100 valence electrons. The summed E-state index contributed by atoms with van der Waals surface area (Å²) in [6.45, 7) is -0.911. The van der Waals surface area contributed by atoms with Crippen molar-refractivity contribution >= 4 is 5.91 Å². The molecule has 0 saturated heterocycles. The molecule has 0 bridgehead atoms. The van der Waals surface area contributed by atoms with Crippen LogP contribution in [-0.2, 0) is 6.18 Å². The number of hydrogen-bond acceptors (Lipinski definition) is 3. The van der Waals surface area contributed by atoms with Crippen LogP contribution in [-0.4, -0.2) is 35.4 Å². The molecule has 3 N–H and O–H groups in total. The second-order valence-electron chi connectivity index (χ2n) is 3.61. The van der Waals surface area contributed by atoms with E-state index in [-0.39, 0.29) is 5.56 Å². The van der Waals surface area contributed by atoms with E-state index >= 15 is 0 Å². The highest BCUT2D eigenvalue weighted by atomic mass is 19.4. The van der Waals surface area contributed by atoms with Crippen molar-refractivity contribution in [3.8, 4) is 0 Å². The van der Waals surface area contributed by atoms with Gasteiger partial charge >= 0.3 is 6.18 Å². The van der Waals surface area contributed by atoms with Crippen LogP contribution in [0.5, 0.6) is 0 Å². The summed E-state index contributed by atoms with van der Waals surface area (Å²) in [5.41, 5.74) is -0.824.